The molecule has 0 aliphatic carbocycles. The molecule has 7 heteroatoms. The first-order chi connectivity index (χ1) is 10.3. The van der Waals surface area contributed by atoms with E-state index in [0.717, 1.165) is 12.1 Å². The van der Waals surface area contributed by atoms with Crippen molar-refractivity contribution >= 4 is 11.9 Å². The van der Waals surface area contributed by atoms with E-state index in [1.165, 1.54) is 11.0 Å². The van der Waals surface area contributed by atoms with E-state index < -0.39 is 29.6 Å². The van der Waals surface area contributed by atoms with Gasteiger partial charge in [0.2, 0.25) is 0 Å². The number of amides is 1. The monoisotopic (exact) mass is 315 g/mol. The van der Waals surface area contributed by atoms with E-state index in [9.17, 15) is 18.4 Å². The molecule has 5 nitrogen and oxygen atoms in total. The number of nitrogens with zero attached hydrogens (tertiary/aromatic N) is 1. The van der Waals surface area contributed by atoms with Gasteiger partial charge < -0.3 is 14.7 Å². The average Bonchev–Trinajstić information content (AvgIpc) is 2.46. The van der Waals surface area contributed by atoms with Crippen molar-refractivity contribution in [2.45, 2.75) is 32.9 Å². The van der Waals surface area contributed by atoms with Gasteiger partial charge in [0.25, 0.3) is 5.91 Å². The van der Waals surface area contributed by atoms with E-state index >= 15 is 0 Å². The molecule has 122 valence electrons. The molecule has 0 radical (unpaired) electrons. The van der Waals surface area contributed by atoms with Crippen LogP contribution in [0.25, 0.3) is 0 Å². The topological polar surface area (TPSA) is 66.8 Å². The number of carboxylic acids is 1. The van der Waals surface area contributed by atoms with Crippen LogP contribution in [0.3, 0.4) is 0 Å². The predicted molar refractivity (Wildman–Crippen MR) is 75.1 cm³/mol. The van der Waals surface area contributed by atoms with Gasteiger partial charge in [-0.3, -0.25) is 9.59 Å². The summed E-state index contributed by atoms with van der Waals surface area (Å²) in [6.07, 6.45) is -0.974. The number of halogens is 2. The Hall–Kier alpha value is -2.02. The van der Waals surface area contributed by atoms with Gasteiger partial charge in [0, 0.05) is 19.7 Å². The SMILES string of the molecule is CCOC(C)C(=O)N(CCC(=O)O)Cc1ccc(F)c(F)c1. The third-order valence-electron chi connectivity index (χ3n) is 3.03. The fraction of sp³-hybridized carbons (Fsp3) is 0.467. The number of hydrogen-bond acceptors (Lipinski definition) is 3. The van der Waals surface area contributed by atoms with Crippen LogP contribution in [0.15, 0.2) is 18.2 Å². The van der Waals surface area contributed by atoms with Crippen LogP contribution < -0.4 is 0 Å². The van der Waals surface area contributed by atoms with Gasteiger partial charge >= 0.3 is 5.97 Å². The Morgan fingerprint density at radius 3 is 2.55 bits per heavy atom. The maximum atomic E-state index is 13.2. The molecule has 0 saturated carbocycles. The van der Waals surface area contributed by atoms with Crippen molar-refractivity contribution in [2.75, 3.05) is 13.2 Å². The summed E-state index contributed by atoms with van der Waals surface area (Å²) < 4.78 is 31.4. The van der Waals surface area contributed by atoms with Crippen molar-refractivity contribution in [1.82, 2.24) is 4.90 Å². The summed E-state index contributed by atoms with van der Waals surface area (Å²) >= 11 is 0. The second-order valence-corrected chi connectivity index (χ2v) is 4.75. The first kappa shape index (κ1) is 18.0. The number of rotatable bonds is 8. The molecule has 1 rings (SSSR count). The summed E-state index contributed by atoms with van der Waals surface area (Å²) in [5.41, 5.74) is 0.376. The minimum Gasteiger partial charge on any atom is -0.481 e. The lowest BCUT2D eigenvalue weighted by atomic mass is 10.2. The summed E-state index contributed by atoms with van der Waals surface area (Å²) in [6, 6.07) is 3.31. The number of carbonyl (C=O) groups is 2. The number of carboxylic acid groups (broad SMARTS) is 1. The van der Waals surface area contributed by atoms with Gasteiger partial charge in [-0.15, -0.1) is 0 Å². The summed E-state index contributed by atoms with van der Waals surface area (Å²) in [4.78, 5) is 24.2. The molecule has 1 atom stereocenters. The fourth-order valence-corrected chi connectivity index (χ4v) is 1.93. The maximum Gasteiger partial charge on any atom is 0.305 e. The second kappa shape index (κ2) is 8.43. The highest BCUT2D eigenvalue weighted by Gasteiger charge is 2.22. The Bertz CT molecular complexity index is 536. The Kier molecular flexibility index (Phi) is 6.91. The van der Waals surface area contributed by atoms with Gasteiger partial charge in [-0.2, -0.15) is 0 Å². The van der Waals surface area contributed by atoms with Crippen molar-refractivity contribution in [3.63, 3.8) is 0 Å². The molecule has 1 aromatic rings. The van der Waals surface area contributed by atoms with Crippen LogP contribution in [0.1, 0.15) is 25.8 Å². The fourth-order valence-electron chi connectivity index (χ4n) is 1.93. The van der Waals surface area contributed by atoms with Gasteiger partial charge in [0.1, 0.15) is 6.10 Å². The Balaban J connectivity index is 2.86. The van der Waals surface area contributed by atoms with Crippen molar-refractivity contribution < 1.29 is 28.2 Å². The zero-order chi connectivity index (χ0) is 16.7. The normalized spacial score (nSPS) is 12.0. The zero-order valence-electron chi connectivity index (χ0n) is 12.5. The minimum atomic E-state index is -1.05. The van der Waals surface area contributed by atoms with Crippen LogP contribution in [-0.4, -0.2) is 41.1 Å². The van der Waals surface area contributed by atoms with Crippen molar-refractivity contribution in [1.29, 1.82) is 0 Å². The molecular weight excluding hydrogens is 296 g/mol. The van der Waals surface area contributed by atoms with E-state index in [1.807, 2.05) is 0 Å². The lowest BCUT2D eigenvalue weighted by molar-refractivity contribution is -0.144. The maximum absolute atomic E-state index is 13.2. The quantitative estimate of drug-likeness (QED) is 0.798. The third kappa shape index (κ3) is 5.40. The lowest BCUT2D eigenvalue weighted by Crippen LogP contribution is -2.40. The van der Waals surface area contributed by atoms with Crippen molar-refractivity contribution in [3.05, 3.63) is 35.4 Å². The highest BCUT2D eigenvalue weighted by atomic mass is 19.2. The molecule has 0 fully saturated rings. The average molecular weight is 315 g/mol. The Labute approximate surface area is 127 Å². The van der Waals surface area contributed by atoms with Crippen LogP contribution in [0.5, 0.6) is 0 Å². The van der Waals surface area contributed by atoms with Gasteiger partial charge in [-0.05, 0) is 31.5 Å². The third-order valence-corrected chi connectivity index (χ3v) is 3.03. The van der Waals surface area contributed by atoms with Crippen LogP contribution >= 0.6 is 0 Å². The van der Waals surface area contributed by atoms with Gasteiger partial charge in [-0.1, -0.05) is 6.07 Å². The first-order valence-electron chi connectivity index (χ1n) is 6.91. The highest BCUT2D eigenvalue weighted by Crippen LogP contribution is 2.13. The summed E-state index contributed by atoms with van der Waals surface area (Å²) in [6.45, 7) is 3.59. The number of carbonyl (C=O) groups excluding carboxylic acids is 1. The molecule has 0 spiro atoms. The molecule has 0 aromatic heterocycles. The van der Waals surface area contributed by atoms with E-state index in [0.29, 0.717) is 12.2 Å². The molecule has 1 aromatic carbocycles. The van der Waals surface area contributed by atoms with Crippen LogP contribution in [-0.2, 0) is 20.9 Å². The molecule has 0 saturated heterocycles. The van der Waals surface area contributed by atoms with E-state index in [4.69, 9.17) is 9.84 Å². The number of ether oxygens (including phenoxy) is 1. The van der Waals surface area contributed by atoms with Crippen LogP contribution in [0.2, 0.25) is 0 Å². The highest BCUT2D eigenvalue weighted by molar-refractivity contribution is 5.81. The van der Waals surface area contributed by atoms with E-state index in [1.54, 1.807) is 13.8 Å². The first-order valence-corrected chi connectivity index (χ1v) is 6.91. The van der Waals surface area contributed by atoms with Crippen molar-refractivity contribution in [2.24, 2.45) is 0 Å². The van der Waals surface area contributed by atoms with Crippen LogP contribution in [0, 0.1) is 11.6 Å². The summed E-state index contributed by atoms with van der Waals surface area (Å²) in [5.74, 6) is -3.43. The number of aliphatic carboxylic acids is 1. The zero-order valence-corrected chi connectivity index (χ0v) is 12.5. The molecule has 0 aliphatic heterocycles. The molecule has 22 heavy (non-hydrogen) atoms. The van der Waals surface area contributed by atoms with Crippen molar-refractivity contribution in [3.8, 4) is 0 Å². The summed E-state index contributed by atoms with van der Waals surface area (Å²) in [5, 5.41) is 8.75. The molecule has 1 N–H and O–H groups in total. The molecule has 1 unspecified atom stereocenters. The van der Waals surface area contributed by atoms with E-state index in [-0.39, 0.29) is 19.5 Å². The largest absolute Gasteiger partial charge is 0.481 e. The Morgan fingerprint density at radius 2 is 2.00 bits per heavy atom. The lowest BCUT2D eigenvalue weighted by Gasteiger charge is -2.25. The Morgan fingerprint density at radius 1 is 1.32 bits per heavy atom. The minimum absolute atomic E-state index is 0.0132. The standard InChI is InChI=1S/C15H19F2NO4/c1-3-22-10(2)15(21)18(7-6-14(19)20)9-11-4-5-12(16)13(17)8-11/h4-5,8,10H,3,6-7,9H2,1-2H3,(H,19,20). The van der Waals surface area contributed by atoms with Crippen LogP contribution in [0.4, 0.5) is 8.78 Å². The molecule has 1 amide bonds. The van der Waals surface area contributed by atoms with Gasteiger partial charge in [-0.25, -0.2) is 8.78 Å². The smallest absolute Gasteiger partial charge is 0.305 e. The van der Waals surface area contributed by atoms with Gasteiger partial charge in [0.05, 0.1) is 6.42 Å². The molecule has 0 heterocycles. The second-order valence-electron chi connectivity index (χ2n) is 4.75. The molecule has 0 aliphatic rings. The molecule has 0 bridgehead atoms. The van der Waals surface area contributed by atoms with E-state index in [2.05, 4.69) is 0 Å². The molecular formula is C15H19F2NO4. The predicted octanol–water partition coefficient (Wildman–Crippen LogP) is 2.19. The number of hydrogen-bond donors (Lipinski definition) is 1. The summed E-state index contributed by atoms with van der Waals surface area (Å²) in [7, 11) is 0. The number of benzene rings is 1. The van der Waals surface area contributed by atoms with Gasteiger partial charge in [0.15, 0.2) is 11.6 Å².